The van der Waals surface area contributed by atoms with Gasteiger partial charge >= 0.3 is 0 Å². The van der Waals surface area contributed by atoms with Crippen molar-refractivity contribution >= 4 is 0 Å². The Morgan fingerprint density at radius 2 is 1.95 bits per heavy atom. The molecule has 0 aliphatic carbocycles. The predicted molar refractivity (Wildman–Crippen MR) is 77.4 cm³/mol. The molecule has 0 unspecified atom stereocenters. The fourth-order valence-corrected chi connectivity index (χ4v) is 1.84. The van der Waals surface area contributed by atoms with Crippen molar-refractivity contribution in [2.75, 3.05) is 0 Å². The fraction of sp³-hybridized carbons (Fsp3) is 0.467. The molecule has 1 N–H and O–H groups in total. The summed E-state index contributed by atoms with van der Waals surface area (Å²) in [6.45, 7) is 11.4. The first-order valence-corrected chi connectivity index (χ1v) is 6.60. The van der Waals surface area contributed by atoms with Gasteiger partial charge in [-0.2, -0.15) is 0 Å². The lowest BCUT2D eigenvalue weighted by atomic mass is 10.1. The number of nitrogens with zero attached hydrogens (tertiary/aromatic N) is 3. The molecule has 102 valence electrons. The molecule has 1 aromatic heterocycles. The molecule has 0 spiro atoms. The number of hydrogen-bond donors (Lipinski definition) is 1. The third-order valence-corrected chi connectivity index (χ3v) is 3.16. The molecule has 0 saturated carbocycles. The van der Waals surface area contributed by atoms with Crippen molar-refractivity contribution in [3.05, 3.63) is 41.2 Å². The minimum absolute atomic E-state index is 0.0863. The minimum Gasteiger partial charge on any atom is -0.306 e. The summed E-state index contributed by atoms with van der Waals surface area (Å²) in [5.41, 5.74) is 4.64. The van der Waals surface area contributed by atoms with Crippen molar-refractivity contribution in [3.63, 3.8) is 0 Å². The zero-order valence-electron chi connectivity index (χ0n) is 12.4. The smallest absolute Gasteiger partial charge is 0.0969 e. The van der Waals surface area contributed by atoms with Gasteiger partial charge in [0.05, 0.1) is 17.6 Å². The molecule has 0 atom stereocenters. The van der Waals surface area contributed by atoms with Crippen LogP contribution in [0.3, 0.4) is 0 Å². The minimum atomic E-state index is 0.0863. The van der Waals surface area contributed by atoms with Crippen LogP contribution < -0.4 is 5.32 Å². The normalized spacial score (nSPS) is 11.8. The van der Waals surface area contributed by atoms with E-state index in [1.165, 1.54) is 11.1 Å². The molecule has 0 radical (unpaired) electrons. The first-order valence-electron chi connectivity index (χ1n) is 6.60. The Labute approximate surface area is 114 Å². The van der Waals surface area contributed by atoms with Crippen LogP contribution in [0.15, 0.2) is 24.4 Å². The molecule has 2 rings (SSSR count). The van der Waals surface area contributed by atoms with Gasteiger partial charge in [0.2, 0.25) is 0 Å². The molecule has 4 heteroatoms. The van der Waals surface area contributed by atoms with Crippen molar-refractivity contribution in [1.82, 2.24) is 20.3 Å². The molecule has 0 bridgehead atoms. The van der Waals surface area contributed by atoms with Crippen LogP contribution in [0.5, 0.6) is 0 Å². The Morgan fingerprint density at radius 3 is 2.63 bits per heavy atom. The van der Waals surface area contributed by atoms with Crippen LogP contribution in [0.1, 0.15) is 37.6 Å². The molecule has 0 saturated heterocycles. The molecule has 0 aliphatic rings. The van der Waals surface area contributed by atoms with Crippen LogP contribution in [0, 0.1) is 13.8 Å². The molecular formula is C15H22N4. The van der Waals surface area contributed by atoms with E-state index in [1.807, 2.05) is 16.9 Å². The molecular weight excluding hydrogens is 236 g/mol. The maximum atomic E-state index is 4.22. The quantitative estimate of drug-likeness (QED) is 0.920. The second-order valence-corrected chi connectivity index (χ2v) is 5.98. The third-order valence-electron chi connectivity index (χ3n) is 3.16. The van der Waals surface area contributed by atoms with E-state index in [4.69, 9.17) is 0 Å². The first kappa shape index (κ1) is 13.7. The summed E-state index contributed by atoms with van der Waals surface area (Å²) >= 11 is 0. The summed E-state index contributed by atoms with van der Waals surface area (Å²) in [7, 11) is 0. The molecule has 4 nitrogen and oxygen atoms in total. The highest BCUT2D eigenvalue weighted by Crippen LogP contribution is 2.16. The lowest BCUT2D eigenvalue weighted by molar-refractivity contribution is 0.421. The number of benzene rings is 1. The van der Waals surface area contributed by atoms with Gasteiger partial charge in [-0.1, -0.05) is 17.3 Å². The lowest BCUT2D eigenvalue weighted by Crippen LogP contribution is -2.35. The zero-order valence-corrected chi connectivity index (χ0v) is 12.4. The highest BCUT2D eigenvalue weighted by atomic mass is 15.4. The second kappa shape index (κ2) is 5.13. The van der Waals surface area contributed by atoms with Gasteiger partial charge in [-0.25, -0.2) is 4.68 Å². The maximum Gasteiger partial charge on any atom is 0.0969 e. The highest BCUT2D eigenvalue weighted by molar-refractivity contribution is 5.43. The van der Waals surface area contributed by atoms with Gasteiger partial charge in [-0.3, -0.25) is 0 Å². The molecule has 0 amide bonds. The van der Waals surface area contributed by atoms with E-state index in [2.05, 4.69) is 62.4 Å². The molecule has 1 heterocycles. The van der Waals surface area contributed by atoms with E-state index in [9.17, 15) is 0 Å². The van der Waals surface area contributed by atoms with Crippen LogP contribution in [0.25, 0.3) is 5.69 Å². The Bertz CT molecular complexity index is 564. The van der Waals surface area contributed by atoms with Crippen molar-refractivity contribution < 1.29 is 0 Å². The van der Waals surface area contributed by atoms with Gasteiger partial charge in [0.1, 0.15) is 0 Å². The van der Waals surface area contributed by atoms with E-state index in [0.717, 1.165) is 17.9 Å². The number of aryl methyl sites for hydroxylation is 1. The van der Waals surface area contributed by atoms with Gasteiger partial charge in [0.15, 0.2) is 0 Å². The standard InChI is InChI=1S/C15H22N4/c1-11-7-6-8-14(12(11)2)19-10-13(17-18-19)9-16-15(3,4)5/h6-8,10,16H,9H2,1-5H3. The Morgan fingerprint density at radius 1 is 1.21 bits per heavy atom. The average Bonchev–Trinajstić information content (AvgIpc) is 2.78. The largest absolute Gasteiger partial charge is 0.306 e. The van der Waals surface area contributed by atoms with E-state index in [1.54, 1.807) is 0 Å². The molecule has 0 aliphatic heterocycles. The second-order valence-electron chi connectivity index (χ2n) is 5.98. The van der Waals surface area contributed by atoms with Gasteiger partial charge < -0.3 is 5.32 Å². The molecule has 2 aromatic rings. The summed E-state index contributed by atoms with van der Waals surface area (Å²) in [5.74, 6) is 0. The summed E-state index contributed by atoms with van der Waals surface area (Å²) in [4.78, 5) is 0. The average molecular weight is 258 g/mol. The van der Waals surface area contributed by atoms with E-state index >= 15 is 0 Å². The Balaban J connectivity index is 2.19. The van der Waals surface area contributed by atoms with Crippen LogP contribution in [-0.2, 0) is 6.54 Å². The SMILES string of the molecule is Cc1cccc(-n2cc(CNC(C)(C)C)nn2)c1C. The molecule has 19 heavy (non-hydrogen) atoms. The topological polar surface area (TPSA) is 42.7 Å². The van der Waals surface area contributed by atoms with Crippen molar-refractivity contribution in [2.24, 2.45) is 0 Å². The fourth-order valence-electron chi connectivity index (χ4n) is 1.84. The molecule has 1 aromatic carbocycles. The summed E-state index contributed by atoms with van der Waals surface area (Å²) in [6.07, 6.45) is 1.99. The van der Waals surface area contributed by atoms with Gasteiger partial charge in [-0.15, -0.1) is 5.10 Å². The van der Waals surface area contributed by atoms with Crippen LogP contribution in [0.4, 0.5) is 0 Å². The summed E-state index contributed by atoms with van der Waals surface area (Å²) in [5, 5.41) is 11.8. The molecule has 0 fully saturated rings. The summed E-state index contributed by atoms with van der Waals surface area (Å²) < 4.78 is 1.85. The Hall–Kier alpha value is -1.68. The number of hydrogen-bond acceptors (Lipinski definition) is 3. The third kappa shape index (κ3) is 3.41. The van der Waals surface area contributed by atoms with Crippen molar-refractivity contribution in [3.8, 4) is 5.69 Å². The zero-order chi connectivity index (χ0) is 14.0. The van der Waals surface area contributed by atoms with Gasteiger partial charge in [0, 0.05) is 12.1 Å². The van der Waals surface area contributed by atoms with Crippen LogP contribution in [-0.4, -0.2) is 20.5 Å². The van der Waals surface area contributed by atoms with Gasteiger partial charge in [0.25, 0.3) is 0 Å². The highest BCUT2D eigenvalue weighted by Gasteiger charge is 2.11. The van der Waals surface area contributed by atoms with E-state index in [0.29, 0.717) is 0 Å². The summed E-state index contributed by atoms with van der Waals surface area (Å²) in [6, 6.07) is 6.22. The predicted octanol–water partition coefficient (Wildman–Crippen LogP) is 2.77. The maximum absolute atomic E-state index is 4.22. The van der Waals surface area contributed by atoms with Crippen molar-refractivity contribution in [2.45, 2.75) is 46.7 Å². The number of aromatic nitrogens is 3. The monoisotopic (exact) mass is 258 g/mol. The van der Waals surface area contributed by atoms with Crippen molar-refractivity contribution in [1.29, 1.82) is 0 Å². The Kier molecular flexibility index (Phi) is 3.71. The number of rotatable bonds is 3. The van der Waals surface area contributed by atoms with Crippen LogP contribution in [0.2, 0.25) is 0 Å². The van der Waals surface area contributed by atoms with Crippen LogP contribution >= 0.6 is 0 Å². The first-order chi connectivity index (χ1) is 8.87. The van der Waals surface area contributed by atoms with Gasteiger partial charge in [-0.05, 0) is 51.8 Å². The van der Waals surface area contributed by atoms with E-state index in [-0.39, 0.29) is 5.54 Å². The van der Waals surface area contributed by atoms with E-state index < -0.39 is 0 Å². The lowest BCUT2D eigenvalue weighted by Gasteiger charge is -2.19. The number of nitrogens with one attached hydrogen (secondary N) is 1.